The van der Waals surface area contributed by atoms with Crippen molar-refractivity contribution in [1.82, 2.24) is 19.6 Å². The molecule has 0 spiro atoms. The molecule has 1 aliphatic rings. The lowest BCUT2D eigenvalue weighted by Crippen LogP contribution is -2.14. The van der Waals surface area contributed by atoms with Crippen LogP contribution in [0.1, 0.15) is 46.6 Å². The minimum absolute atomic E-state index is 0.650. The molecule has 2 aromatic carbocycles. The summed E-state index contributed by atoms with van der Waals surface area (Å²) in [5.41, 5.74) is 6.90. The molecule has 1 N–H and O–H groups in total. The van der Waals surface area contributed by atoms with E-state index in [1.165, 1.54) is 22.3 Å². The molecule has 0 radical (unpaired) electrons. The number of nitrogens with zero attached hydrogens (tertiary/aromatic N) is 4. The van der Waals surface area contributed by atoms with E-state index in [2.05, 4.69) is 55.6 Å². The highest BCUT2D eigenvalue weighted by atomic mass is 16.5. The van der Waals surface area contributed by atoms with Crippen molar-refractivity contribution >= 4 is 17.3 Å². The first-order chi connectivity index (χ1) is 15.1. The van der Waals surface area contributed by atoms with Crippen LogP contribution in [0.25, 0.3) is 5.78 Å². The Balaban J connectivity index is 1.60. The molecule has 0 saturated heterocycles. The first kappa shape index (κ1) is 19.5. The number of fused-ring (bicyclic) bond motifs is 2. The molecule has 4 aromatic rings. The number of hydrogen-bond acceptors (Lipinski definition) is 5. The van der Waals surface area contributed by atoms with Crippen molar-refractivity contribution in [3.8, 4) is 5.75 Å². The Morgan fingerprint density at radius 1 is 0.968 bits per heavy atom. The van der Waals surface area contributed by atoms with Crippen molar-refractivity contribution in [2.45, 2.75) is 46.0 Å². The number of rotatable bonds is 5. The quantitative estimate of drug-likeness (QED) is 0.501. The van der Waals surface area contributed by atoms with Crippen LogP contribution in [-0.2, 0) is 19.3 Å². The third-order valence-corrected chi connectivity index (χ3v) is 5.90. The highest BCUT2D eigenvalue weighted by Crippen LogP contribution is 2.33. The summed E-state index contributed by atoms with van der Waals surface area (Å²) in [6.07, 6.45) is 4.97. The predicted molar refractivity (Wildman–Crippen MR) is 122 cm³/mol. The first-order valence-electron chi connectivity index (χ1n) is 10.9. The van der Waals surface area contributed by atoms with Gasteiger partial charge in [0, 0.05) is 12.0 Å². The number of anilines is 2. The molecular formula is C25H27N5O. The average Bonchev–Trinajstić information content (AvgIpc) is 3.17. The maximum Gasteiger partial charge on any atom is 0.254 e. The highest BCUT2D eigenvalue weighted by Gasteiger charge is 2.22. The normalized spacial score (nSPS) is 13.3. The van der Waals surface area contributed by atoms with Crippen LogP contribution in [0.2, 0.25) is 0 Å². The zero-order valence-corrected chi connectivity index (χ0v) is 18.3. The second kappa shape index (κ2) is 8.02. The van der Waals surface area contributed by atoms with E-state index < -0.39 is 0 Å². The molecule has 5 rings (SSSR count). The number of hydrogen-bond donors (Lipinski definition) is 1. The molecule has 0 fully saturated rings. The van der Waals surface area contributed by atoms with E-state index in [9.17, 15) is 0 Å². The molecule has 2 heterocycles. The number of benzene rings is 2. The molecule has 0 aliphatic heterocycles. The van der Waals surface area contributed by atoms with E-state index in [1.54, 1.807) is 7.11 Å². The van der Waals surface area contributed by atoms with Gasteiger partial charge in [0.1, 0.15) is 11.6 Å². The van der Waals surface area contributed by atoms with Gasteiger partial charge in [-0.1, -0.05) is 35.9 Å². The van der Waals surface area contributed by atoms with Gasteiger partial charge in [0.25, 0.3) is 5.78 Å². The van der Waals surface area contributed by atoms with Gasteiger partial charge in [-0.3, -0.25) is 0 Å². The molecule has 6 nitrogen and oxygen atoms in total. The number of ether oxygens (including phenoxy) is 1. The van der Waals surface area contributed by atoms with E-state index >= 15 is 0 Å². The lowest BCUT2D eigenvalue weighted by molar-refractivity contribution is 0.416. The Bertz CT molecular complexity index is 1240. The summed E-state index contributed by atoms with van der Waals surface area (Å²) < 4.78 is 7.47. The van der Waals surface area contributed by atoms with Gasteiger partial charge in [-0.25, -0.2) is 4.98 Å². The van der Waals surface area contributed by atoms with Crippen molar-refractivity contribution in [2.75, 3.05) is 12.4 Å². The van der Waals surface area contributed by atoms with Gasteiger partial charge in [-0.15, -0.1) is 5.10 Å². The summed E-state index contributed by atoms with van der Waals surface area (Å²) in [7, 11) is 1.70. The SMILES string of the molecule is COc1ccc(C)cc1Nc1c2c(nc3nc(Cc4ccc(C)cc4)nn13)CCCC2. The molecular weight excluding hydrogens is 386 g/mol. The Morgan fingerprint density at radius 2 is 1.74 bits per heavy atom. The van der Waals surface area contributed by atoms with Crippen molar-refractivity contribution in [3.05, 3.63) is 76.2 Å². The van der Waals surface area contributed by atoms with Gasteiger partial charge >= 0.3 is 0 Å². The van der Waals surface area contributed by atoms with E-state index in [0.29, 0.717) is 12.2 Å². The van der Waals surface area contributed by atoms with Crippen LogP contribution in [0.5, 0.6) is 5.75 Å². The summed E-state index contributed by atoms with van der Waals surface area (Å²) in [6.45, 7) is 4.18. The Morgan fingerprint density at radius 3 is 2.55 bits per heavy atom. The van der Waals surface area contributed by atoms with Gasteiger partial charge in [0.05, 0.1) is 18.5 Å². The van der Waals surface area contributed by atoms with E-state index in [-0.39, 0.29) is 0 Å². The number of methoxy groups -OCH3 is 1. The summed E-state index contributed by atoms with van der Waals surface area (Å²) in [6, 6.07) is 14.7. The average molecular weight is 414 g/mol. The fourth-order valence-electron chi connectivity index (χ4n) is 4.22. The maximum atomic E-state index is 5.60. The zero-order valence-electron chi connectivity index (χ0n) is 18.3. The van der Waals surface area contributed by atoms with Crippen LogP contribution in [0.15, 0.2) is 42.5 Å². The third-order valence-electron chi connectivity index (χ3n) is 5.90. The van der Waals surface area contributed by atoms with Crippen molar-refractivity contribution in [2.24, 2.45) is 0 Å². The van der Waals surface area contributed by atoms with Gasteiger partial charge < -0.3 is 10.1 Å². The smallest absolute Gasteiger partial charge is 0.254 e. The van der Waals surface area contributed by atoms with Gasteiger partial charge in [-0.2, -0.15) is 9.50 Å². The summed E-state index contributed by atoms with van der Waals surface area (Å²) in [5, 5.41) is 8.47. The Labute approximate surface area is 182 Å². The molecule has 6 heteroatoms. The van der Waals surface area contributed by atoms with Crippen LogP contribution in [-0.4, -0.2) is 26.7 Å². The van der Waals surface area contributed by atoms with Crippen molar-refractivity contribution < 1.29 is 4.74 Å². The largest absolute Gasteiger partial charge is 0.495 e. The van der Waals surface area contributed by atoms with E-state index in [0.717, 1.165) is 54.5 Å². The maximum absolute atomic E-state index is 5.60. The molecule has 2 aromatic heterocycles. The molecule has 31 heavy (non-hydrogen) atoms. The van der Waals surface area contributed by atoms with Crippen LogP contribution in [0.4, 0.5) is 11.5 Å². The molecule has 0 saturated carbocycles. The minimum atomic E-state index is 0.650. The van der Waals surface area contributed by atoms with Gasteiger partial charge in [0.15, 0.2) is 5.82 Å². The summed E-state index contributed by atoms with van der Waals surface area (Å²) in [5.74, 6) is 3.18. The summed E-state index contributed by atoms with van der Waals surface area (Å²) in [4.78, 5) is 9.64. The molecule has 158 valence electrons. The van der Waals surface area contributed by atoms with Gasteiger partial charge in [0.2, 0.25) is 0 Å². The van der Waals surface area contributed by atoms with Crippen LogP contribution in [0, 0.1) is 13.8 Å². The fourth-order valence-corrected chi connectivity index (χ4v) is 4.22. The Kier molecular flexibility index (Phi) is 5.06. The third kappa shape index (κ3) is 3.85. The Hall–Kier alpha value is -3.41. The zero-order chi connectivity index (χ0) is 21.4. The minimum Gasteiger partial charge on any atom is -0.495 e. The number of aryl methyl sites for hydroxylation is 3. The van der Waals surface area contributed by atoms with Crippen LogP contribution < -0.4 is 10.1 Å². The highest BCUT2D eigenvalue weighted by molar-refractivity contribution is 5.69. The molecule has 0 bridgehead atoms. The second-order valence-electron chi connectivity index (χ2n) is 8.32. The van der Waals surface area contributed by atoms with Crippen molar-refractivity contribution in [3.63, 3.8) is 0 Å². The van der Waals surface area contributed by atoms with E-state index in [1.807, 2.05) is 10.6 Å². The number of nitrogens with one attached hydrogen (secondary N) is 1. The van der Waals surface area contributed by atoms with Gasteiger partial charge in [-0.05, 0) is 62.8 Å². The van der Waals surface area contributed by atoms with Crippen LogP contribution >= 0.6 is 0 Å². The van der Waals surface area contributed by atoms with Crippen molar-refractivity contribution in [1.29, 1.82) is 0 Å². The predicted octanol–water partition coefficient (Wildman–Crippen LogP) is 4.96. The topological polar surface area (TPSA) is 64.3 Å². The second-order valence-corrected chi connectivity index (χ2v) is 8.32. The molecule has 0 amide bonds. The van der Waals surface area contributed by atoms with Crippen LogP contribution in [0.3, 0.4) is 0 Å². The first-order valence-corrected chi connectivity index (χ1v) is 10.9. The summed E-state index contributed by atoms with van der Waals surface area (Å²) >= 11 is 0. The fraction of sp³-hybridized carbons (Fsp3) is 0.320. The standard InChI is InChI=1S/C25H27N5O/c1-16-8-11-18(12-9-16)15-23-28-25-27-20-7-5-4-6-19(20)24(30(25)29-23)26-21-14-17(2)10-13-22(21)31-3/h8-14,26H,4-7,15H2,1-3H3. The molecule has 1 aliphatic carbocycles. The molecule has 0 atom stereocenters. The number of aromatic nitrogens is 4. The lowest BCUT2D eigenvalue weighted by Gasteiger charge is -2.21. The lowest BCUT2D eigenvalue weighted by atomic mass is 9.96. The van der Waals surface area contributed by atoms with E-state index in [4.69, 9.17) is 19.8 Å². The monoisotopic (exact) mass is 413 g/mol. The molecule has 0 unspecified atom stereocenters.